The molecule has 0 aliphatic carbocycles. The van der Waals surface area contributed by atoms with Gasteiger partial charge in [-0.2, -0.15) is 5.10 Å². The van der Waals surface area contributed by atoms with Crippen LogP contribution < -0.4 is 16.0 Å². The van der Waals surface area contributed by atoms with E-state index in [4.69, 9.17) is 0 Å². The molecule has 134 valence electrons. The van der Waals surface area contributed by atoms with E-state index in [2.05, 4.69) is 26.0 Å². The number of carbonyl (C=O) groups is 2. The first-order chi connectivity index (χ1) is 11.8. The molecule has 2 aromatic rings. The maximum absolute atomic E-state index is 13.7. The third kappa shape index (κ3) is 4.75. The Morgan fingerprint density at radius 2 is 1.96 bits per heavy atom. The molecule has 1 unspecified atom stereocenters. The van der Waals surface area contributed by atoms with Crippen molar-refractivity contribution in [2.75, 3.05) is 10.6 Å². The van der Waals surface area contributed by atoms with E-state index in [1.807, 2.05) is 13.8 Å². The smallest absolute Gasteiger partial charge is 0.319 e. The number of hydrogen-bond acceptors (Lipinski definition) is 4. The van der Waals surface area contributed by atoms with Crippen molar-refractivity contribution in [3.05, 3.63) is 36.2 Å². The van der Waals surface area contributed by atoms with E-state index < -0.39 is 17.8 Å². The first-order valence-corrected chi connectivity index (χ1v) is 7.76. The SMILES string of the molecule is CC(=O)Nc1cc(NC(=O)NC(c2ncnn2C)C(C)C)ccc1F. The number of anilines is 2. The van der Waals surface area contributed by atoms with Crippen LogP contribution in [0.3, 0.4) is 0 Å². The van der Waals surface area contributed by atoms with Gasteiger partial charge in [0.25, 0.3) is 0 Å². The lowest BCUT2D eigenvalue weighted by atomic mass is 10.0. The Morgan fingerprint density at radius 3 is 2.52 bits per heavy atom. The zero-order valence-electron chi connectivity index (χ0n) is 14.5. The monoisotopic (exact) mass is 348 g/mol. The molecule has 1 aromatic carbocycles. The number of nitrogens with zero attached hydrogens (tertiary/aromatic N) is 3. The molecule has 0 aliphatic heterocycles. The topological polar surface area (TPSA) is 101 Å². The first kappa shape index (κ1) is 18.4. The largest absolute Gasteiger partial charge is 0.328 e. The zero-order valence-corrected chi connectivity index (χ0v) is 14.5. The molecule has 1 aromatic heterocycles. The van der Waals surface area contributed by atoms with Crippen LogP contribution >= 0.6 is 0 Å². The van der Waals surface area contributed by atoms with Crippen LogP contribution in [0.1, 0.15) is 32.6 Å². The lowest BCUT2D eigenvalue weighted by molar-refractivity contribution is -0.114. The molecule has 9 heteroatoms. The fourth-order valence-corrected chi connectivity index (χ4v) is 2.31. The van der Waals surface area contributed by atoms with Gasteiger partial charge >= 0.3 is 6.03 Å². The maximum atomic E-state index is 13.7. The van der Waals surface area contributed by atoms with E-state index in [1.54, 1.807) is 11.7 Å². The molecule has 25 heavy (non-hydrogen) atoms. The Hall–Kier alpha value is -2.97. The number of urea groups is 1. The van der Waals surface area contributed by atoms with E-state index in [0.717, 1.165) is 0 Å². The van der Waals surface area contributed by atoms with Crippen molar-refractivity contribution in [2.45, 2.75) is 26.8 Å². The van der Waals surface area contributed by atoms with Gasteiger partial charge in [0.05, 0.1) is 11.7 Å². The number of rotatable bonds is 5. The number of aryl methyl sites for hydroxylation is 1. The minimum atomic E-state index is -0.583. The van der Waals surface area contributed by atoms with Gasteiger partial charge in [-0.15, -0.1) is 0 Å². The van der Waals surface area contributed by atoms with E-state index in [9.17, 15) is 14.0 Å². The standard InChI is InChI=1S/C16H21FN6O2/c1-9(2)14(15-18-8-19-23(15)4)22-16(25)21-11-5-6-12(17)13(7-11)20-10(3)24/h5-9,14H,1-4H3,(H,20,24)(H2,21,22,25). The minimum Gasteiger partial charge on any atom is -0.328 e. The van der Waals surface area contributed by atoms with E-state index in [-0.39, 0.29) is 17.6 Å². The van der Waals surface area contributed by atoms with Crippen LogP contribution in [0.2, 0.25) is 0 Å². The van der Waals surface area contributed by atoms with E-state index >= 15 is 0 Å². The lowest BCUT2D eigenvalue weighted by Gasteiger charge is -2.21. The third-order valence-electron chi connectivity index (χ3n) is 3.51. The Morgan fingerprint density at radius 1 is 1.24 bits per heavy atom. The van der Waals surface area contributed by atoms with Crippen molar-refractivity contribution in [3.8, 4) is 0 Å². The lowest BCUT2D eigenvalue weighted by Crippen LogP contribution is -2.36. The predicted molar refractivity (Wildman–Crippen MR) is 91.4 cm³/mol. The molecule has 3 N–H and O–H groups in total. The van der Waals surface area contributed by atoms with Gasteiger partial charge in [0.2, 0.25) is 5.91 Å². The van der Waals surface area contributed by atoms with Crippen LogP contribution in [0.4, 0.5) is 20.6 Å². The fourth-order valence-electron chi connectivity index (χ4n) is 2.31. The molecule has 0 aliphatic rings. The van der Waals surface area contributed by atoms with Crippen molar-refractivity contribution in [1.82, 2.24) is 20.1 Å². The van der Waals surface area contributed by atoms with Crippen LogP contribution in [0.25, 0.3) is 0 Å². The fraction of sp³-hybridized carbons (Fsp3) is 0.375. The summed E-state index contributed by atoms with van der Waals surface area (Å²) in [5.41, 5.74) is 0.349. The number of halogens is 1. The number of nitrogens with one attached hydrogen (secondary N) is 3. The molecule has 0 saturated carbocycles. The molecule has 0 radical (unpaired) electrons. The molecule has 1 atom stereocenters. The molecule has 0 fully saturated rings. The molecule has 8 nitrogen and oxygen atoms in total. The van der Waals surface area contributed by atoms with Crippen molar-refractivity contribution < 1.29 is 14.0 Å². The van der Waals surface area contributed by atoms with Crippen molar-refractivity contribution in [2.24, 2.45) is 13.0 Å². The summed E-state index contributed by atoms with van der Waals surface area (Å²) in [5, 5.41) is 11.8. The van der Waals surface area contributed by atoms with Crippen LogP contribution in [-0.2, 0) is 11.8 Å². The molecule has 0 bridgehead atoms. The van der Waals surface area contributed by atoms with Gasteiger partial charge < -0.3 is 16.0 Å². The summed E-state index contributed by atoms with van der Waals surface area (Å²) >= 11 is 0. The Balaban J connectivity index is 2.11. The predicted octanol–water partition coefficient (Wildman–Crippen LogP) is 2.43. The van der Waals surface area contributed by atoms with Crippen molar-refractivity contribution >= 4 is 23.3 Å². The maximum Gasteiger partial charge on any atom is 0.319 e. The number of hydrogen-bond donors (Lipinski definition) is 3. The van der Waals surface area contributed by atoms with Gasteiger partial charge in [-0.25, -0.2) is 14.2 Å². The van der Waals surface area contributed by atoms with Gasteiger partial charge in [-0.05, 0) is 24.1 Å². The first-order valence-electron chi connectivity index (χ1n) is 7.76. The van der Waals surface area contributed by atoms with Crippen LogP contribution in [0.15, 0.2) is 24.5 Å². The average molecular weight is 348 g/mol. The van der Waals surface area contributed by atoms with Gasteiger partial charge in [0.1, 0.15) is 18.0 Å². The molecule has 3 amide bonds. The highest BCUT2D eigenvalue weighted by Gasteiger charge is 2.22. The van der Waals surface area contributed by atoms with Crippen molar-refractivity contribution in [1.29, 1.82) is 0 Å². The Labute approximate surface area is 144 Å². The minimum absolute atomic E-state index is 0.000916. The second-order valence-corrected chi connectivity index (χ2v) is 5.94. The summed E-state index contributed by atoms with van der Waals surface area (Å²) in [6, 6.07) is 3.12. The van der Waals surface area contributed by atoms with Gasteiger partial charge in [0, 0.05) is 19.7 Å². The van der Waals surface area contributed by atoms with Gasteiger partial charge in [0.15, 0.2) is 0 Å². The van der Waals surface area contributed by atoms with E-state index in [0.29, 0.717) is 11.5 Å². The summed E-state index contributed by atoms with van der Waals surface area (Å²) in [4.78, 5) is 27.5. The number of amides is 3. The third-order valence-corrected chi connectivity index (χ3v) is 3.51. The Bertz CT molecular complexity index is 774. The number of carbonyl (C=O) groups excluding carboxylic acids is 2. The highest BCUT2D eigenvalue weighted by Crippen LogP contribution is 2.21. The van der Waals surface area contributed by atoms with Crippen LogP contribution in [-0.4, -0.2) is 26.7 Å². The van der Waals surface area contributed by atoms with Gasteiger partial charge in [-0.1, -0.05) is 13.8 Å². The zero-order chi connectivity index (χ0) is 18.6. The second-order valence-electron chi connectivity index (χ2n) is 5.94. The molecule has 1 heterocycles. The quantitative estimate of drug-likeness (QED) is 0.772. The normalized spacial score (nSPS) is 11.9. The van der Waals surface area contributed by atoms with Crippen molar-refractivity contribution in [3.63, 3.8) is 0 Å². The van der Waals surface area contributed by atoms with Crippen LogP contribution in [0, 0.1) is 11.7 Å². The van der Waals surface area contributed by atoms with Crippen LogP contribution in [0.5, 0.6) is 0 Å². The summed E-state index contributed by atoms with van der Waals surface area (Å²) in [6.45, 7) is 5.18. The number of benzene rings is 1. The summed E-state index contributed by atoms with van der Waals surface area (Å²) in [7, 11) is 1.75. The van der Waals surface area contributed by atoms with E-state index in [1.165, 1.54) is 31.5 Å². The average Bonchev–Trinajstić information content (AvgIpc) is 2.93. The summed E-state index contributed by atoms with van der Waals surface area (Å²) in [6.07, 6.45) is 1.42. The molecular formula is C16H21FN6O2. The van der Waals surface area contributed by atoms with Gasteiger partial charge in [-0.3, -0.25) is 9.48 Å². The molecular weight excluding hydrogens is 327 g/mol. The molecule has 0 spiro atoms. The summed E-state index contributed by atoms with van der Waals surface area (Å²) < 4.78 is 15.2. The highest BCUT2D eigenvalue weighted by atomic mass is 19.1. The Kier molecular flexibility index (Phi) is 5.68. The highest BCUT2D eigenvalue weighted by molar-refractivity contribution is 5.92. The molecule has 2 rings (SSSR count). The summed E-state index contributed by atoms with van der Waals surface area (Å²) in [5.74, 6) is -0.275. The number of aromatic nitrogens is 3. The molecule has 0 saturated heterocycles. The second kappa shape index (κ2) is 7.73.